The minimum atomic E-state index is 0.460. The van der Waals surface area contributed by atoms with Crippen LogP contribution in [0.3, 0.4) is 0 Å². The molecule has 0 amide bonds. The Kier molecular flexibility index (Phi) is 3.59. The molecular formula is C14H11ClN4O2S. The Hall–Kier alpha value is -1.86. The summed E-state index contributed by atoms with van der Waals surface area (Å²) in [5.41, 5.74) is 0.859. The summed E-state index contributed by atoms with van der Waals surface area (Å²) < 4.78 is 10.8. The van der Waals surface area contributed by atoms with Crippen molar-refractivity contribution in [2.24, 2.45) is 0 Å². The van der Waals surface area contributed by atoms with Crippen molar-refractivity contribution in [3.63, 3.8) is 0 Å². The summed E-state index contributed by atoms with van der Waals surface area (Å²) in [5.74, 6) is 2.74. The lowest BCUT2D eigenvalue weighted by molar-refractivity contribution is 0.389. The van der Waals surface area contributed by atoms with Crippen LogP contribution in [-0.2, 0) is 5.75 Å². The zero-order chi connectivity index (χ0) is 14.9. The monoisotopic (exact) mass is 334 g/mol. The van der Waals surface area contributed by atoms with Gasteiger partial charge in [0.2, 0.25) is 17.6 Å². The molecule has 3 aromatic rings. The Morgan fingerprint density at radius 2 is 2.00 bits per heavy atom. The third kappa shape index (κ3) is 3.00. The van der Waals surface area contributed by atoms with Crippen LogP contribution in [0.4, 0.5) is 0 Å². The molecule has 0 spiro atoms. The van der Waals surface area contributed by atoms with Crippen LogP contribution in [0.1, 0.15) is 30.5 Å². The SMILES string of the molecule is Clc1ccc(-c2noc(CSc3nnc(C4CC4)o3)n2)cc1. The molecule has 0 unspecified atom stereocenters. The van der Waals surface area contributed by atoms with Crippen LogP contribution in [0.5, 0.6) is 0 Å². The van der Waals surface area contributed by atoms with Gasteiger partial charge < -0.3 is 8.94 Å². The molecule has 1 aliphatic carbocycles. The van der Waals surface area contributed by atoms with E-state index in [9.17, 15) is 0 Å². The predicted molar refractivity (Wildman–Crippen MR) is 80.6 cm³/mol. The molecule has 4 rings (SSSR count). The smallest absolute Gasteiger partial charge is 0.277 e. The lowest BCUT2D eigenvalue weighted by Gasteiger charge is -1.93. The first kappa shape index (κ1) is 13.8. The van der Waals surface area contributed by atoms with Crippen molar-refractivity contribution < 1.29 is 8.94 Å². The Morgan fingerprint density at radius 1 is 1.18 bits per heavy atom. The quantitative estimate of drug-likeness (QED) is 0.654. The normalized spacial score (nSPS) is 14.4. The molecule has 2 heterocycles. The van der Waals surface area contributed by atoms with Gasteiger partial charge in [0.1, 0.15) is 0 Å². The van der Waals surface area contributed by atoms with E-state index in [2.05, 4.69) is 20.3 Å². The Labute approximate surface area is 135 Å². The van der Waals surface area contributed by atoms with Crippen LogP contribution < -0.4 is 0 Å². The second kappa shape index (κ2) is 5.73. The van der Waals surface area contributed by atoms with Gasteiger partial charge in [0.05, 0.1) is 5.75 Å². The van der Waals surface area contributed by atoms with E-state index in [-0.39, 0.29) is 0 Å². The summed E-state index contributed by atoms with van der Waals surface area (Å²) in [7, 11) is 0. The third-order valence-electron chi connectivity index (χ3n) is 3.24. The van der Waals surface area contributed by atoms with E-state index in [1.807, 2.05) is 12.1 Å². The van der Waals surface area contributed by atoms with Gasteiger partial charge in [0.25, 0.3) is 5.22 Å². The van der Waals surface area contributed by atoms with E-state index in [1.165, 1.54) is 11.8 Å². The van der Waals surface area contributed by atoms with Gasteiger partial charge in [0, 0.05) is 16.5 Å². The second-order valence-corrected chi connectivity index (χ2v) is 6.35. The number of thioether (sulfide) groups is 1. The lowest BCUT2D eigenvalue weighted by Crippen LogP contribution is -1.83. The summed E-state index contributed by atoms with van der Waals surface area (Å²) in [5, 5.41) is 13.2. The summed E-state index contributed by atoms with van der Waals surface area (Å²) in [6.45, 7) is 0. The fourth-order valence-electron chi connectivity index (χ4n) is 1.93. The highest BCUT2D eigenvalue weighted by atomic mass is 35.5. The first-order valence-corrected chi connectivity index (χ1v) is 8.19. The van der Waals surface area contributed by atoms with Crippen molar-refractivity contribution in [3.05, 3.63) is 41.1 Å². The van der Waals surface area contributed by atoms with Crippen molar-refractivity contribution in [1.82, 2.24) is 20.3 Å². The van der Waals surface area contributed by atoms with Gasteiger partial charge in [-0.1, -0.05) is 28.5 Å². The van der Waals surface area contributed by atoms with Crippen molar-refractivity contribution in [2.75, 3.05) is 0 Å². The molecule has 1 saturated carbocycles. The van der Waals surface area contributed by atoms with Gasteiger partial charge in [-0.15, -0.1) is 10.2 Å². The van der Waals surface area contributed by atoms with Crippen LogP contribution in [0.15, 0.2) is 38.4 Å². The van der Waals surface area contributed by atoms with Gasteiger partial charge in [-0.05, 0) is 37.1 Å². The molecule has 1 aromatic carbocycles. The molecule has 22 heavy (non-hydrogen) atoms. The van der Waals surface area contributed by atoms with Crippen molar-refractivity contribution in [3.8, 4) is 11.4 Å². The van der Waals surface area contributed by atoms with E-state index >= 15 is 0 Å². The van der Waals surface area contributed by atoms with E-state index in [0.717, 1.165) is 24.3 Å². The minimum Gasteiger partial charge on any atom is -0.416 e. The number of halogens is 1. The summed E-state index contributed by atoms with van der Waals surface area (Å²) in [6, 6.07) is 7.28. The van der Waals surface area contributed by atoms with Crippen molar-refractivity contribution >= 4 is 23.4 Å². The van der Waals surface area contributed by atoms with Crippen LogP contribution in [-0.4, -0.2) is 20.3 Å². The molecule has 0 saturated heterocycles. The van der Waals surface area contributed by atoms with Crippen molar-refractivity contribution in [2.45, 2.75) is 29.7 Å². The van der Waals surface area contributed by atoms with E-state index in [4.69, 9.17) is 20.5 Å². The predicted octanol–water partition coefficient (Wildman–Crippen LogP) is 3.94. The molecule has 0 bridgehead atoms. The van der Waals surface area contributed by atoms with E-state index in [0.29, 0.717) is 33.6 Å². The maximum Gasteiger partial charge on any atom is 0.277 e. The molecule has 0 N–H and O–H groups in total. The number of benzene rings is 1. The molecule has 6 nitrogen and oxygen atoms in total. The van der Waals surface area contributed by atoms with Crippen LogP contribution >= 0.6 is 23.4 Å². The van der Waals surface area contributed by atoms with Crippen LogP contribution in [0.2, 0.25) is 5.02 Å². The maximum atomic E-state index is 5.86. The molecular weight excluding hydrogens is 324 g/mol. The summed E-state index contributed by atoms with van der Waals surface area (Å²) in [6.07, 6.45) is 2.28. The topological polar surface area (TPSA) is 77.8 Å². The average molecular weight is 335 g/mol. The largest absolute Gasteiger partial charge is 0.416 e. The number of hydrogen-bond donors (Lipinski definition) is 0. The number of hydrogen-bond acceptors (Lipinski definition) is 7. The Morgan fingerprint density at radius 3 is 2.77 bits per heavy atom. The second-order valence-electron chi connectivity index (χ2n) is 4.99. The first-order valence-electron chi connectivity index (χ1n) is 6.82. The maximum absolute atomic E-state index is 5.86. The van der Waals surface area contributed by atoms with Gasteiger partial charge in [-0.2, -0.15) is 4.98 Å². The molecule has 0 radical (unpaired) electrons. The number of aromatic nitrogens is 4. The fraction of sp³-hybridized carbons (Fsp3) is 0.286. The molecule has 0 atom stereocenters. The standard InChI is InChI=1S/C14H11ClN4O2S/c15-10-5-3-8(4-6-10)12-16-11(21-19-12)7-22-14-18-17-13(20-14)9-1-2-9/h3-6,9H,1-2,7H2. The molecule has 8 heteroatoms. The van der Waals surface area contributed by atoms with E-state index < -0.39 is 0 Å². The molecule has 2 aromatic heterocycles. The Balaban J connectivity index is 1.41. The lowest BCUT2D eigenvalue weighted by atomic mass is 10.2. The van der Waals surface area contributed by atoms with E-state index in [1.54, 1.807) is 12.1 Å². The molecule has 1 fully saturated rings. The molecule has 1 aliphatic rings. The van der Waals surface area contributed by atoms with Crippen molar-refractivity contribution in [1.29, 1.82) is 0 Å². The number of nitrogens with zero attached hydrogens (tertiary/aromatic N) is 4. The highest BCUT2D eigenvalue weighted by Gasteiger charge is 2.29. The van der Waals surface area contributed by atoms with Gasteiger partial charge in [0.15, 0.2) is 0 Å². The fourth-order valence-corrected chi connectivity index (χ4v) is 2.66. The van der Waals surface area contributed by atoms with Gasteiger partial charge in [-0.3, -0.25) is 0 Å². The van der Waals surface area contributed by atoms with Gasteiger partial charge >= 0.3 is 0 Å². The highest BCUT2D eigenvalue weighted by molar-refractivity contribution is 7.98. The molecule has 112 valence electrons. The highest BCUT2D eigenvalue weighted by Crippen LogP contribution is 2.40. The minimum absolute atomic E-state index is 0.460. The molecule has 0 aliphatic heterocycles. The third-order valence-corrected chi connectivity index (χ3v) is 4.29. The van der Waals surface area contributed by atoms with Crippen LogP contribution in [0, 0.1) is 0 Å². The average Bonchev–Trinajstić information content (AvgIpc) is 3.09. The van der Waals surface area contributed by atoms with Gasteiger partial charge in [-0.25, -0.2) is 0 Å². The first-order chi connectivity index (χ1) is 10.8. The summed E-state index contributed by atoms with van der Waals surface area (Å²) >= 11 is 7.25. The number of rotatable bonds is 5. The zero-order valence-electron chi connectivity index (χ0n) is 11.4. The summed E-state index contributed by atoms with van der Waals surface area (Å²) in [4.78, 5) is 4.35. The van der Waals surface area contributed by atoms with Crippen LogP contribution in [0.25, 0.3) is 11.4 Å². The zero-order valence-corrected chi connectivity index (χ0v) is 13.0. The Bertz CT molecular complexity index is 782.